The largest absolute Gasteiger partial charge is 0.300 e. The number of benzene rings is 4. The zero-order valence-corrected chi connectivity index (χ0v) is 33.0. The fourth-order valence-corrected chi connectivity index (χ4v) is 8.92. The van der Waals surface area contributed by atoms with E-state index in [9.17, 15) is 14.4 Å². The highest BCUT2D eigenvalue weighted by Crippen LogP contribution is 2.39. The van der Waals surface area contributed by atoms with E-state index in [1.54, 1.807) is 0 Å². The molecule has 6 rings (SSSR count). The van der Waals surface area contributed by atoms with Crippen molar-refractivity contribution in [3.8, 4) is 22.3 Å². The summed E-state index contributed by atoms with van der Waals surface area (Å²) in [6, 6.07) is 35.5. The van der Waals surface area contributed by atoms with Crippen molar-refractivity contribution in [3.05, 3.63) is 119 Å². The maximum absolute atomic E-state index is 12.8. The van der Waals surface area contributed by atoms with Crippen LogP contribution >= 0.6 is 0 Å². The highest BCUT2D eigenvalue weighted by Gasteiger charge is 2.27. The summed E-state index contributed by atoms with van der Waals surface area (Å²) >= 11 is 0. The molecular formula is C51H62O3. The van der Waals surface area contributed by atoms with E-state index in [0.717, 1.165) is 103 Å². The summed E-state index contributed by atoms with van der Waals surface area (Å²) in [6.07, 6.45) is 17.1. The maximum atomic E-state index is 12.8. The van der Waals surface area contributed by atoms with E-state index in [2.05, 4.69) is 111 Å². The number of carbonyl (C=O) groups excluding carboxylic acids is 3. The third-order valence-electron chi connectivity index (χ3n) is 12.6. The van der Waals surface area contributed by atoms with Gasteiger partial charge in [0, 0.05) is 37.5 Å². The smallest absolute Gasteiger partial charge is 0.135 e. The van der Waals surface area contributed by atoms with Gasteiger partial charge in [-0.3, -0.25) is 14.4 Å². The number of Topliss-reactive ketones (excluding diaryl/α,β-unsaturated/α-hetero) is 3. The van der Waals surface area contributed by atoms with Gasteiger partial charge in [-0.25, -0.2) is 0 Å². The zero-order chi connectivity index (χ0) is 37.7. The summed E-state index contributed by atoms with van der Waals surface area (Å²) in [4.78, 5) is 37.8. The highest BCUT2D eigenvalue weighted by molar-refractivity contribution is 5.81. The summed E-state index contributed by atoms with van der Waals surface area (Å²) < 4.78 is 0. The van der Waals surface area contributed by atoms with Crippen molar-refractivity contribution in [1.29, 1.82) is 0 Å². The fourth-order valence-electron chi connectivity index (χ4n) is 8.92. The van der Waals surface area contributed by atoms with Crippen molar-refractivity contribution < 1.29 is 14.4 Å². The average molecular weight is 723 g/mol. The van der Waals surface area contributed by atoms with Crippen molar-refractivity contribution >= 4 is 17.3 Å². The van der Waals surface area contributed by atoms with Gasteiger partial charge >= 0.3 is 0 Å². The standard InChI is InChI=1S/C51H62O3/c1-3-5-7-50(53)47-31-27-45(28-32-47)43-23-19-41(20-24-43)39-15-9-37(10-16-39)13-35-49(52)36-14-38-11-17-40(18-12-38)42-21-25-44(26-22-42)46-29-33-48(34-30-46)51(54)8-6-4-2/h9-12,15-26,45-48H,3-8,13-14,27-36H2,1-2H3. The molecule has 0 N–H and O–H groups in total. The lowest BCUT2D eigenvalue weighted by molar-refractivity contribution is -0.124. The molecule has 0 aromatic heterocycles. The van der Waals surface area contributed by atoms with Gasteiger partial charge in [0.15, 0.2) is 0 Å². The maximum Gasteiger partial charge on any atom is 0.135 e. The van der Waals surface area contributed by atoms with Gasteiger partial charge in [-0.05, 0) is 133 Å². The van der Waals surface area contributed by atoms with Crippen LogP contribution in [0.4, 0.5) is 0 Å². The number of rotatable bonds is 18. The molecule has 284 valence electrons. The van der Waals surface area contributed by atoms with Crippen LogP contribution in [0.1, 0.15) is 151 Å². The Morgan fingerprint density at radius 3 is 1.06 bits per heavy atom. The predicted molar refractivity (Wildman–Crippen MR) is 224 cm³/mol. The Bertz CT molecular complexity index is 1630. The third kappa shape index (κ3) is 11.0. The molecule has 3 heteroatoms. The monoisotopic (exact) mass is 722 g/mol. The Morgan fingerprint density at radius 2 is 0.741 bits per heavy atom. The van der Waals surface area contributed by atoms with Crippen LogP contribution in [0.5, 0.6) is 0 Å². The summed E-state index contributed by atoms with van der Waals surface area (Å²) in [5, 5.41) is 0. The van der Waals surface area contributed by atoms with Crippen molar-refractivity contribution in [1.82, 2.24) is 0 Å². The van der Waals surface area contributed by atoms with Crippen molar-refractivity contribution in [2.24, 2.45) is 11.8 Å². The van der Waals surface area contributed by atoms with Crippen molar-refractivity contribution in [2.45, 2.75) is 141 Å². The minimum absolute atomic E-state index is 0.283. The quantitative estimate of drug-likeness (QED) is 0.103. The van der Waals surface area contributed by atoms with Crippen LogP contribution in [0.15, 0.2) is 97.1 Å². The first-order valence-corrected chi connectivity index (χ1v) is 21.4. The molecule has 0 radical (unpaired) electrons. The molecule has 0 unspecified atom stereocenters. The molecule has 4 aromatic carbocycles. The van der Waals surface area contributed by atoms with Crippen molar-refractivity contribution in [3.63, 3.8) is 0 Å². The second kappa shape index (κ2) is 20.0. The molecule has 2 saturated carbocycles. The van der Waals surface area contributed by atoms with Gasteiger partial charge in [0.1, 0.15) is 17.3 Å². The Morgan fingerprint density at radius 1 is 0.426 bits per heavy atom. The van der Waals surface area contributed by atoms with Crippen LogP contribution in [0.3, 0.4) is 0 Å². The summed E-state index contributed by atoms with van der Waals surface area (Å²) in [5.41, 5.74) is 10.1. The lowest BCUT2D eigenvalue weighted by Gasteiger charge is -2.28. The minimum Gasteiger partial charge on any atom is -0.300 e. The Balaban J connectivity index is 0.900. The topological polar surface area (TPSA) is 51.2 Å². The molecule has 0 bridgehead atoms. The molecule has 2 aliphatic carbocycles. The normalized spacial score (nSPS) is 20.0. The van der Waals surface area contributed by atoms with Crippen LogP contribution in [0, 0.1) is 11.8 Å². The van der Waals surface area contributed by atoms with E-state index in [-0.39, 0.29) is 11.8 Å². The van der Waals surface area contributed by atoms with Crippen LogP contribution in [0.2, 0.25) is 0 Å². The number of hydrogen-bond acceptors (Lipinski definition) is 3. The van der Waals surface area contributed by atoms with Crippen LogP contribution in [-0.2, 0) is 27.2 Å². The van der Waals surface area contributed by atoms with Gasteiger partial charge in [-0.15, -0.1) is 0 Å². The minimum atomic E-state index is 0.283. The van der Waals surface area contributed by atoms with E-state index in [1.165, 1.54) is 44.5 Å². The summed E-state index contributed by atoms with van der Waals surface area (Å²) in [7, 11) is 0. The molecule has 0 amide bonds. The summed E-state index contributed by atoms with van der Waals surface area (Å²) in [6.45, 7) is 4.31. The molecule has 4 aromatic rings. The summed E-state index contributed by atoms with van der Waals surface area (Å²) in [5.74, 6) is 2.98. The number of carbonyl (C=O) groups is 3. The molecular weight excluding hydrogens is 661 g/mol. The molecule has 0 aliphatic heterocycles. The van der Waals surface area contributed by atoms with Gasteiger partial charge in [0.25, 0.3) is 0 Å². The van der Waals surface area contributed by atoms with Crippen LogP contribution in [0.25, 0.3) is 22.3 Å². The molecule has 0 atom stereocenters. The van der Waals surface area contributed by atoms with E-state index in [4.69, 9.17) is 0 Å². The van der Waals surface area contributed by atoms with E-state index >= 15 is 0 Å². The second-order valence-corrected chi connectivity index (χ2v) is 16.4. The lowest BCUT2D eigenvalue weighted by Crippen LogP contribution is -2.21. The number of unbranched alkanes of at least 4 members (excludes halogenated alkanes) is 2. The molecule has 2 aliphatic rings. The third-order valence-corrected chi connectivity index (χ3v) is 12.6. The Hall–Kier alpha value is -4.11. The Kier molecular flexibility index (Phi) is 14.7. The van der Waals surface area contributed by atoms with Crippen LogP contribution < -0.4 is 0 Å². The zero-order valence-electron chi connectivity index (χ0n) is 33.0. The molecule has 0 heterocycles. The molecule has 2 fully saturated rings. The SMILES string of the molecule is CCCCC(=O)C1CCC(c2ccc(-c3ccc(CCC(=O)CCc4ccc(-c5ccc(C6CCC(C(=O)CCCC)CC6)cc5)cc4)cc3)cc2)CC1. The average Bonchev–Trinajstić information content (AvgIpc) is 3.24. The van der Waals surface area contributed by atoms with E-state index in [0.29, 0.717) is 42.0 Å². The highest BCUT2D eigenvalue weighted by atomic mass is 16.1. The molecule has 0 spiro atoms. The van der Waals surface area contributed by atoms with Crippen LogP contribution in [-0.4, -0.2) is 17.3 Å². The first-order valence-electron chi connectivity index (χ1n) is 21.4. The predicted octanol–water partition coefficient (Wildman–Crippen LogP) is 13.2. The second-order valence-electron chi connectivity index (χ2n) is 16.4. The van der Waals surface area contributed by atoms with Crippen molar-refractivity contribution in [2.75, 3.05) is 0 Å². The Labute approximate surface area is 325 Å². The van der Waals surface area contributed by atoms with Gasteiger partial charge in [-0.2, -0.15) is 0 Å². The van der Waals surface area contributed by atoms with Gasteiger partial charge < -0.3 is 0 Å². The first-order chi connectivity index (χ1) is 26.4. The number of aryl methyl sites for hydroxylation is 2. The molecule has 3 nitrogen and oxygen atoms in total. The first kappa shape index (κ1) is 39.6. The fraction of sp³-hybridized carbons (Fsp3) is 0.471. The van der Waals surface area contributed by atoms with Gasteiger partial charge in [0.05, 0.1) is 0 Å². The number of ketones is 3. The molecule has 0 saturated heterocycles. The lowest BCUT2D eigenvalue weighted by atomic mass is 9.76. The van der Waals surface area contributed by atoms with Gasteiger partial charge in [0.2, 0.25) is 0 Å². The number of hydrogen-bond donors (Lipinski definition) is 0. The van der Waals surface area contributed by atoms with Gasteiger partial charge in [-0.1, -0.05) is 124 Å². The van der Waals surface area contributed by atoms with E-state index < -0.39 is 0 Å². The van der Waals surface area contributed by atoms with E-state index in [1.807, 2.05) is 0 Å². The molecule has 54 heavy (non-hydrogen) atoms.